The van der Waals surface area contributed by atoms with E-state index >= 15 is 0 Å². The number of carbonyl (C=O) groups excluding carboxylic acids is 1. The van der Waals surface area contributed by atoms with Crippen LogP contribution in [0.5, 0.6) is 0 Å². The molecular formula is C15H21F3N2O. The monoisotopic (exact) mass is 302 g/mol. The molecule has 0 bridgehead atoms. The van der Waals surface area contributed by atoms with Gasteiger partial charge in [-0.05, 0) is 38.0 Å². The number of hydrogen-bond acceptors (Lipinski definition) is 1. The lowest BCUT2D eigenvalue weighted by atomic mass is 10.1. The minimum Gasteiger partial charge on any atom is -0.325 e. The molecule has 0 saturated heterocycles. The maximum Gasteiger partial charge on any atom is 0.416 e. The molecule has 2 amide bonds. The molecule has 1 N–H and O–H groups in total. The van der Waals surface area contributed by atoms with E-state index in [0.29, 0.717) is 13.1 Å². The van der Waals surface area contributed by atoms with E-state index in [4.69, 9.17) is 0 Å². The number of benzene rings is 1. The Morgan fingerprint density at radius 2 is 1.95 bits per heavy atom. The van der Waals surface area contributed by atoms with Gasteiger partial charge in [-0.3, -0.25) is 0 Å². The van der Waals surface area contributed by atoms with Gasteiger partial charge in [0.25, 0.3) is 0 Å². The number of nitrogens with zero attached hydrogens (tertiary/aromatic N) is 1. The molecule has 0 unspecified atom stereocenters. The van der Waals surface area contributed by atoms with Gasteiger partial charge in [-0.25, -0.2) is 4.79 Å². The van der Waals surface area contributed by atoms with Crippen LogP contribution in [-0.4, -0.2) is 24.0 Å². The first-order valence-corrected chi connectivity index (χ1v) is 7.03. The predicted molar refractivity (Wildman–Crippen MR) is 77.4 cm³/mol. The number of aryl methyl sites for hydroxylation is 1. The van der Waals surface area contributed by atoms with E-state index in [9.17, 15) is 18.0 Å². The smallest absolute Gasteiger partial charge is 0.325 e. The lowest BCUT2D eigenvalue weighted by Crippen LogP contribution is -2.35. The molecule has 0 aromatic heterocycles. The van der Waals surface area contributed by atoms with E-state index in [2.05, 4.69) is 5.32 Å². The van der Waals surface area contributed by atoms with E-state index in [1.165, 1.54) is 19.1 Å². The number of rotatable bonds is 5. The maximum atomic E-state index is 12.8. The lowest BCUT2D eigenvalue weighted by Gasteiger charge is -2.21. The van der Waals surface area contributed by atoms with Gasteiger partial charge in [0.05, 0.1) is 5.56 Å². The Balaban J connectivity index is 2.85. The zero-order valence-corrected chi connectivity index (χ0v) is 12.5. The summed E-state index contributed by atoms with van der Waals surface area (Å²) in [6.45, 7) is 6.36. The molecule has 0 fully saturated rings. The highest BCUT2D eigenvalue weighted by Crippen LogP contribution is 2.33. The van der Waals surface area contributed by atoms with Gasteiger partial charge in [0.1, 0.15) is 0 Å². The van der Waals surface area contributed by atoms with E-state index in [1.807, 2.05) is 13.8 Å². The summed E-state index contributed by atoms with van der Waals surface area (Å²) in [5.74, 6) is 0. The largest absolute Gasteiger partial charge is 0.416 e. The summed E-state index contributed by atoms with van der Waals surface area (Å²) in [6.07, 6.45) is -2.60. The van der Waals surface area contributed by atoms with Crippen LogP contribution in [-0.2, 0) is 6.18 Å². The molecule has 0 aliphatic carbocycles. The molecule has 118 valence electrons. The van der Waals surface area contributed by atoms with Crippen LogP contribution in [0.3, 0.4) is 0 Å². The highest BCUT2D eigenvalue weighted by Gasteiger charge is 2.32. The summed E-state index contributed by atoms with van der Waals surface area (Å²) in [5, 5.41) is 2.53. The van der Waals surface area contributed by atoms with Crippen molar-refractivity contribution in [2.24, 2.45) is 0 Å². The fraction of sp³-hybridized carbons (Fsp3) is 0.533. The number of urea groups is 1. The third kappa shape index (κ3) is 4.95. The van der Waals surface area contributed by atoms with Crippen molar-refractivity contribution in [1.82, 2.24) is 4.90 Å². The second-order valence-corrected chi connectivity index (χ2v) is 4.89. The number of unbranched alkanes of at least 4 members (excludes halogenated alkanes) is 1. The molecule has 0 radical (unpaired) electrons. The van der Waals surface area contributed by atoms with Crippen molar-refractivity contribution < 1.29 is 18.0 Å². The van der Waals surface area contributed by atoms with Gasteiger partial charge >= 0.3 is 12.2 Å². The van der Waals surface area contributed by atoms with Gasteiger partial charge in [0.2, 0.25) is 0 Å². The van der Waals surface area contributed by atoms with Gasteiger partial charge in [0.15, 0.2) is 0 Å². The fourth-order valence-corrected chi connectivity index (χ4v) is 1.96. The van der Waals surface area contributed by atoms with Crippen molar-refractivity contribution in [3.8, 4) is 0 Å². The van der Waals surface area contributed by atoms with Crippen LogP contribution in [0.4, 0.5) is 23.7 Å². The van der Waals surface area contributed by atoms with Crippen LogP contribution in [0.2, 0.25) is 0 Å². The quantitative estimate of drug-likeness (QED) is 0.842. The van der Waals surface area contributed by atoms with Crippen molar-refractivity contribution in [2.75, 3.05) is 18.4 Å². The average molecular weight is 302 g/mol. The van der Waals surface area contributed by atoms with Gasteiger partial charge in [-0.15, -0.1) is 0 Å². The minimum atomic E-state index is -4.42. The summed E-state index contributed by atoms with van der Waals surface area (Å²) in [5.41, 5.74) is -0.427. The van der Waals surface area contributed by atoms with E-state index in [0.717, 1.165) is 18.9 Å². The van der Waals surface area contributed by atoms with E-state index < -0.39 is 11.7 Å². The Hall–Kier alpha value is -1.72. The van der Waals surface area contributed by atoms with Gasteiger partial charge in [-0.2, -0.15) is 13.2 Å². The van der Waals surface area contributed by atoms with Crippen LogP contribution in [0.25, 0.3) is 0 Å². The first-order valence-electron chi connectivity index (χ1n) is 7.03. The molecule has 0 aliphatic heterocycles. The highest BCUT2D eigenvalue weighted by molar-refractivity contribution is 5.89. The zero-order valence-electron chi connectivity index (χ0n) is 12.5. The van der Waals surface area contributed by atoms with Gasteiger partial charge in [-0.1, -0.05) is 19.4 Å². The van der Waals surface area contributed by atoms with Crippen LogP contribution in [0.15, 0.2) is 18.2 Å². The molecule has 6 heteroatoms. The Kier molecular flexibility index (Phi) is 6.05. The first-order chi connectivity index (χ1) is 9.79. The van der Waals surface area contributed by atoms with Crippen molar-refractivity contribution >= 4 is 11.7 Å². The molecule has 0 atom stereocenters. The van der Waals surface area contributed by atoms with Crippen molar-refractivity contribution in [2.45, 2.75) is 39.8 Å². The highest BCUT2D eigenvalue weighted by atomic mass is 19.4. The summed E-state index contributed by atoms with van der Waals surface area (Å²) in [7, 11) is 0. The molecule has 3 nitrogen and oxygen atoms in total. The standard InChI is InChI=1S/C15H21F3N2O/c1-4-6-9-20(5-2)14(21)19-12-8-7-11(3)13(10-12)15(16,17)18/h7-8,10H,4-6,9H2,1-3H3,(H,19,21). The third-order valence-corrected chi connectivity index (χ3v) is 3.24. The van der Waals surface area contributed by atoms with E-state index in [-0.39, 0.29) is 17.3 Å². The molecule has 1 aromatic carbocycles. The minimum absolute atomic E-state index is 0.138. The Morgan fingerprint density at radius 3 is 2.48 bits per heavy atom. The SMILES string of the molecule is CCCCN(CC)C(=O)Nc1ccc(C)c(C(F)(F)F)c1. The predicted octanol–water partition coefficient (Wildman–Crippen LogP) is 4.67. The summed E-state index contributed by atoms with van der Waals surface area (Å²) in [6, 6.07) is 3.44. The second kappa shape index (κ2) is 7.33. The molecule has 0 saturated carbocycles. The molecule has 0 spiro atoms. The molecule has 21 heavy (non-hydrogen) atoms. The number of alkyl halides is 3. The number of halogens is 3. The van der Waals surface area contributed by atoms with E-state index in [1.54, 1.807) is 4.90 Å². The first kappa shape index (κ1) is 17.3. The molecular weight excluding hydrogens is 281 g/mol. The molecule has 1 aromatic rings. The number of nitrogens with one attached hydrogen (secondary N) is 1. The second-order valence-electron chi connectivity index (χ2n) is 4.89. The van der Waals surface area contributed by atoms with Crippen LogP contribution >= 0.6 is 0 Å². The van der Waals surface area contributed by atoms with Gasteiger partial charge in [0, 0.05) is 18.8 Å². The average Bonchev–Trinajstić information content (AvgIpc) is 2.40. The Bertz CT molecular complexity index is 486. The summed E-state index contributed by atoms with van der Waals surface area (Å²) in [4.78, 5) is 13.6. The molecule has 0 heterocycles. The van der Waals surface area contributed by atoms with Crippen molar-refractivity contribution in [3.05, 3.63) is 29.3 Å². The third-order valence-electron chi connectivity index (χ3n) is 3.24. The number of amides is 2. The lowest BCUT2D eigenvalue weighted by molar-refractivity contribution is -0.138. The maximum absolute atomic E-state index is 12.8. The Morgan fingerprint density at radius 1 is 1.29 bits per heavy atom. The Labute approximate surface area is 123 Å². The molecule has 0 aliphatic rings. The fourth-order valence-electron chi connectivity index (χ4n) is 1.96. The van der Waals surface area contributed by atoms with Crippen LogP contribution < -0.4 is 5.32 Å². The van der Waals surface area contributed by atoms with Crippen LogP contribution in [0.1, 0.15) is 37.8 Å². The topological polar surface area (TPSA) is 32.3 Å². The van der Waals surface area contributed by atoms with Crippen LogP contribution in [0, 0.1) is 6.92 Å². The van der Waals surface area contributed by atoms with Crippen molar-refractivity contribution in [1.29, 1.82) is 0 Å². The van der Waals surface area contributed by atoms with Gasteiger partial charge < -0.3 is 10.2 Å². The number of hydrogen-bond donors (Lipinski definition) is 1. The normalized spacial score (nSPS) is 11.3. The van der Waals surface area contributed by atoms with Crippen molar-refractivity contribution in [3.63, 3.8) is 0 Å². The zero-order chi connectivity index (χ0) is 16.0. The molecule has 1 rings (SSSR count). The summed E-state index contributed by atoms with van der Waals surface area (Å²) < 4.78 is 38.5. The number of anilines is 1. The summed E-state index contributed by atoms with van der Waals surface area (Å²) >= 11 is 0. The number of carbonyl (C=O) groups is 1.